The maximum Gasteiger partial charge on any atom is 0.248 e. The minimum atomic E-state index is -0.496. The molecule has 1 fully saturated rings. The van der Waals surface area contributed by atoms with Crippen molar-refractivity contribution in [2.45, 2.75) is 18.9 Å². The zero-order chi connectivity index (χ0) is 12.3. The van der Waals surface area contributed by atoms with E-state index in [1.807, 2.05) is 0 Å². The molecular formula is C12H14ClNO3. The summed E-state index contributed by atoms with van der Waals surface area (Å²) in [6.45, 7) is 1.42. The molecule has 1 heterocycles. The quantitative estimate of drug-likeness (QED) is 0.899. The predicted molar refractivity (Wildman–Crippen MR) is 64.4 cm³/mol. The Hall–Kier alpha value is -1.26. The maximum absolute atomic E-state index is 11.0. The van der Waals surface area contributed by atoms with Gasteiger partial charge in [0.1, 0.15) is 11.9 Å². The smallest absolute Gasteiger partial charge is 0.248 e. The van der Waals surface area contributed by atoms with Crippen LogP contribution in [-0.2, 0) is 4.74 Å². The molecule has 0 unspecified atom stereocenters. The number of hydrogen-bond donors (Lipinski definition) is 1. The molecule has 2 rings (SSSR count). The van der Waals surface area contributed by atoms with Crippen LogP contribution in [0, 0.1) is 0 Å². The summed E-state index contributed by atoms with van der Waals surface area (Å²) in [7, 11) is 0. The molecule has 0 bridgehead atoms. The van der Waals surface area contributed by atoms with Crippen molar-refractivity contribution < 1.29 is 14.3 Å². The summed E-state index contributed by atoms with van der Waals surface area (Å²) in [5.74, 6) is 0.0908. The van der Waals surface area contributed by atoms with E-state index in [4.69, 9.17) is 26.8 Å². The molecule has 1 amide bonds. The van der Waals surface area contributed by atoms with Gasteiger partial charge in [-0.15, -0.1) is 0 Å². The summed E-state index contributed by atoms with van der Waals surface area (Å²) in [6.07, 6.45) is 1.84. The van der Waals surface area contributed by atoms with E-state index < -0.39 is 5.91 Å². The summed E-state index contributed by atoms with van der Waals surface area (Å²) in [6, 6.07) is 4.82. The predicted octanol–water partition coefficient (Wildman–Crippen LogP) is 2.00. The highest BCUT2D eigenvalue weighted by molar-refractivity contribution is 6.32. The molecule has 0 atom stereocenters. The van der Waals surface area contributed by atoms with Gasteiger partial charge in [-0.1, -0.05) is 11.6 Å². The topological polar surface area (TPSA) is 61.6 Å². The molecule has 17 heavy (non-hydrogen) atoms. The standard InChI is InChI=1S/C12H14ClNO3/c13-10-7-8(12(14)15)1-2-11(10)17-9-3-5-16-6-4-9/h1-2,7,9H,3-6H2,(H2,14,15). The van der Waals surface area contributed by atoms with Gasteiger partial charge in [-0.05, 0) is 18.2 Å². The van der Waals surface area contributed by atoms with Crippen LogP contribution in [0.4, 0.5) is 0 Å². The van der Waals surface area contributed by atoms with Gasteiger partial charge in [-0.25, -0.2) is 0 Å². The van der Waals surface area contributed by atoms with E-state index in [1.54, 1.807) is 12.1 Å². The largest absolute Gasteiger partial charge is 0.489 e. The highest BCUT2D eigenvalue weighted by atomic mass is 35.5. The molecule has 0 aromatic heterocycles. The van der Waals surface area contributed by atoms with Crippen LogP contribution >= 0.6 is 11.6 Å². The summed E-state index contributed by atoms with van der Waals surface area (Å²) in [5, 5.41) is 0.410. The minimum absolute atomic E-state index is 0.126. The van der Waals surface area contributed by atoms with Crippen molar-refractivity contribution in [3.8, 4) is 5.75 Å². The number of nitrogens with two attached hydrogens (primary N) is 1. The van der Waals surface area contributed by atoms with Crippen LogP contribution in [0.3, 0.4) is 0 Å². The molecule has 1 aromatic carbocycles. The fourth-order valence-electron chi connectivity index (χ4n) is 1.72. The fraction of sp³-hybridized carbons (Fsp3) is 0.417. The lowest BCUT2D eigenvalue weighted by Gasteiger charge is -2.23. The average molecular weight is 256 g/mol. The minimum Gasteiger partial charge on any atom is -0.489 e. The second-order valence-corrected chi connectivity index (χ2v) is 4.35. The highest BCUT2D eigenvalue weighted by Crippen LogP contribution is 2.28. The molecule has 0 spiro atoms. The summed E-state index contributed by atoms with van der Waals surface area (Å²) >= 11 is 6.03. The zero-order valence-corrected chi connectivity index (χ0v) is 10.1. The monoisotopic (exact) mass is 255 g/mol. The summed E-state index contributed by atoms with van der Waals surface area (Å²) < 4.78 is 11.0. The third-order valence-electron chi connectivity index (χ3n) is 2.68. The summed E-state index contributed by atoms with van der Waals surface area (Å²) in [4.78, 5) is 11.0. The Morgan fingerprint density at radius 3 is 2.71 bits per heavy atom. The van der Waals surface area contributed by atoms with E-state index in [1.165, 1.54) is 6.07 Å². The van der Waals surface area contributed by atoms with Crippen LogP contribution in [-0.4, -0.2) is 25.2 Å². The Morgan fingerprint density at radius 1 is 1.41 bits per heavy atom. The molecule has 0 radical (unpaired) electrons. The first-order chi connectivity index (χ1) is 8.16. The van der Waals surface area contributed by atoms with Crippen molar-refractivity contribution in [2.24, 2.45) is 5.73 Å². The Morgan fingerprint density at radius 2 is 2.12 bits per heavy atom. The molecule has 4 nitrogen and oxygen atoms in total. The van der Waals surface area contributed by atoms with Gasteiger partial charge in [-0.3, -0.25) is 4.79 Å². The Labute approximate surface area is 105 Å². The molecule has 1 saturated heterocycles. The molecule has 1 aliphatic rings. The van der Waals surface area contributed by atoms with E-state index in [0.717, 1.165) is 12.8 Å². The number of halogens is 1. The number of primary amides is 1. The average Bonchev–Trinajstić information content (AvgIpc) is 2.33. The van der Waals surface area contributed by atoms with Gasteiger partial charge in [0.15, 0.2) is 0 Å². The Bertz CT molecular complexity index is 416. The van der Waals surface area contributed by atoms with Gasteiger partial charge in [0.2, 0.25) is 5.91 Å². The van der Waals surface area contributed by atoms with Gasteiger partial charge in [-0.2, -0.15) is 0 Å². The van der Waals surface area contributed by atoms with Crippen LogP contribution in [0.15, 0.2) is 18.2 Å². The van der Waals surface area contributed by atoms with Crippen molar-refractivity contribution in [3.05, 3.63) is 28.8 Å². The lowest BCUT2D eigenvalue weighted by atomic mass is 10.1. The molecular weight excluding hydrogens is 242 g/mol. The first kappa shape index (κ1) is 12.2. The number of benzene rings is 1. The number of hydrogen-bond acceptors (Lipinski definition) is 3. The van der Waals surface area contributed by atoms with E-state index >= 15 is 0 Å². The van der Waals surface area contributed by atoms with Crippen LogP contribution in [0.5, 0.6) is 5.75 Å². The van der Waals surface area contributed by atoms with Crippen molar-refractivity contribution in [2.75, 3.05) is 13.2 Å². The number of carbonyl (C=O) groups excluding carboxylic acids is 1. The highest BCUT2D eigenvalue weighted by Gasteiger charge is 2.17. The van der Waals surface area contributed by atoms with Crippen LogP contribution in [0.25, 0.3) is 0 Å². The number of amides is 1. The number of rotatable bonds is 3. The van der Waals surface area contributed by atoms with Crippen LogP contribution in [0.2, 0.25) is 5.02 Å². The van der Waals surface area contributed by atoms with Crippen molar-refractivity contribution in [1.29, 1.82) is 0 Å². The van der Waals surface area contributed by atoms with E-state index in [-0.39, 0.29) is 6.10 Å². The molecule has 1 aromatic rings. The fourth-order valence-corrected chi connectivity index (χ4v) is 1.95. The molecule has 92 valence electrons. The molecule has 2 N–H and O–H groups in total. The SMILES string of the molecule is NC(=O)c1ccc(OC2CCOCC2)c(Cl)c1. The third kappa shape index (κ3) is 3.11. The molecule has 5 heteroatoms. The number of carbonyl (C=O) groups is 1. The third-order valence-corrected chi connectivity index (χ3v) is 2.97. The van der Waals surface area contributed by atoms with Gasteiger partial charge in [0.25, 0.3) is 0 Å². The van der Waals surface area contributed by atoms with E-state index in [0.29, 0.717) is 29.5 Å². The van der Waals surface area contributed by atoms with E-state index in [2.05, 4.69) is 0 Å². The van der Waals surface area contributed by atoms with E-state index in [9.17, 15) is 4.79 Å². The first-order valence-electron chi connectivity index (χ1n) is 5.50. The maximum atomic E-state index is 11.0. The normalized spacial score (nSPS) is 16.8. The van der Waals surface area contributed by atoms with Crippen molar-refractivity contribution >= 4 is 17.5 Å². The van der Waals surface area contributed by atoms with Crippen molar-refractivity contribution in [1.82, 2.24) is 0 Å². The van der Waals surface area contributed by atoms with Gasteiger partial charge >= 0.3 is 0 Å². The summed E-state index contributed by atoms with van der Waals surface area (Å²) in [5.41, 5.74) is 5.55. The van der Waals surface area contributed by atoms with Crippen molar-refractivity contribution in [3.63, 3.8) is 0 Å². The Balaban J connectivity index is 2.08. The van der Waals surface area contributed by atoms with Gasteiger partial charge < -0.3 is 15.2 Å². The first-order valence-corrected chi connectivity index (χ1v) is 5.88. The zero-order valence-electron chi connectivity index (χ0n) is 9.32. The Kier molecular flexibility index (Phi) is 3.86. The second kappa shape index (κ2) is 5.38. The second-order valence-electron chi connectivity index (χ2n) is 3.94. The van der Waals surface area contributed by atoms with Gasteiger partial charge in [0.05, 0.1) is 18.2 Å². The van der Waals surface area contributed by atoms with Crippen LogP contribution < -0.4 is 10.5 Å². The molecule has 0 aliphatic carbocycles. The molecule has 1 aliphatic heterocycles. The van der Waals surface area contributed by atoms with Gasteiger partial charge in [0, 0.05) is 18.4 Å². The lowest BCUT2D eigenvalue weighted by molar-refractivity contribution is 0.0256. The molecule has 0 saturated carbocycles. The van der Waals surface area contributed by atoms with Crippen LogP contribution in [0.1, 0.15) is 23.2 Å². The lowest BCUT2D eigenvalue weighted by Crippen LogP contribution is -2.26. The number of ether oxygens (including phenoxy) is 2.